The highest BCUT2D eigenvalue weighted by Gasteiger charge is 2.21. The van der Waals surface area contributed by atoms with Crippen LogP contribution in [0.15, 0.2) is 30.3 Å². The van der Waals surface area contributed by atoms with Crippen LogP contribution in [0.2, 0.25) is 0 Å². The molecular formula is C12H10N2O4. The van der Waals surface area contributed by atoms with Gasteiger partial charge in [0.15, 0.2) is 0 Å². The molecule has 92 valence electrons. The number of rotatable bonds is 3. The van der Waals surface area contributed by atoms with Gasteiger partial charge in [0, 0.05) is 11.5 Å². The molecule has 0 aromatic heterocycles. The second-order valence-electron chi connectivity index (χ2n) is 3.64. The minimum Gasteiger partial charge on any atom is -0.495 e. The number of non-ortho nitro benzene ring substituents is 1. The van der Waals surface area contributed by atoms with Crippen molar-refractivity contribution in [2.45, 2.75) is 0 Å². The Labute approximate surface area is 102 Å². The van der Waals surface area contributed by atoms with Gasteiger partial charge in [0.25, 0.3) is 11.6 Å². The normalized spacial score (nSPS) is 10.3. The molecule has 0 aliphatic heterocycles. The van der Waals surface area contributed by atoms with Crippen molar-refractivity contribution in [1.82, 2.24) is 0 Å². The number of methoxy groups -OCH3 is 1. The molecule has 0 unspecified atom stereocenters. The third-order valence-corrected chi connectivity index (χ3v) is 2.64. The lowest BCUT2D eigenvalue weighted by Crippen LogP contribution is -2.13. The fourth-order valence-electron chi connectivity index (χ4n) is 1.88. The number of nitrogens with zero attached hydrogens (tertiary/aromatic N) is 1. The summed E-state index contributed by atoms with van der Waals surface area (Å²) >= 11 is 0. The molecule has 0 heterocycles. The molecule has 0 saturated carbocycles. The maximum Gasteiger partial charge on any atom is 0.278 e. The number of carbonyl (C=O) groups is 1. The number of carbonyl (C=O) groups excluding carboxylic acids is 1. The Morgan fingerprint density at radius 2 is 1.94 bits per heavy atom. The molecule has 6 nitrogen and oxygen atoms in total. The van der Waals surface area contributed by atoms with Crippen LogP contribution in [0.5, 0.6) is 5.75 Å². The lowest BCUT2D eigenvalue weighted by atomic mass is 10.0. The molecule has 6 heteroatoms. The first-order valence-corrected chi connectivity index (χ1v) is 5.10. The Kier molecular flexibility index (Phi) is 2.85. The van der Waals surface area contributed by atoms with Crippen molar-refractivity contribution in [2.24, 2.45) is 5.73 Å². The molecule has 0 atom stereocenters. The Balaban J connectivity index is 2.95. The van der Waals surface area contributed by atoms with E-state index in [1.54, 1.807) is 24.3 Å². The predicted molar refractivity (Wildman–Crippen MR) is 65.7 cm³/mol. The summed E-state index contributed by atoms with van der Waals surface area (Å²) in [6.45, 7) is 0. The van der Waals surface area contributed by atoms with Gasteiger partial charge in [-0.25, -0.2) is 0 Å². The van der Waals surface area contributed by atoms with Crippen LogP contribution in [0.4, 0.5) is 5.69 Å². The van der Waals surface area contributed by atoms with Gasteiger partial charge in [-0.05, 0) is 6.07 Å². The van der Waals surface area contributed by atoms with Crippen LogP contribution in [-0.4, -0.2) is 17.9 Å². The number of nitro benzene ring substituents is 1. The summed E-state index contributed by atoms with van der Waals surface area (Å²) in [6, 6.07) is 7.77. The minimum absolute atomic E-state index is 0.00269. The van der Waals surface area contributed by atoms with Gasteiger partial charge < -0.3 is 10.5 Å². The molecule has 0 aliphatic rings. The highest BCUT2D eigenvalue weighted by Crippen LogP contribution is 2.36. The van der Waals surface area contributed by atoms with Crippen molar-refractivity contribution in [3.05, 3.63) is 46.0 Å². The first kappa shape index (κ1) is 11.8. The third-order valence-electron chi connectivity index (χ3n) is 2.64. The molecule has 2 N–H and O–H groups in total. The fourth-order valence-corrected chi connectivity index (χ4v) is 1.88. The first-order valence-electron chi connectivity index (χ1n) is 5.10. The summed E-state index contributed by atoms with van der Waals surface area (Å²) in [5.74, 6) is -0.510. The number of nitrogens with two attached hydrogens (primary N) is 1. The number of hydrogen-bond acceptors (Lipinski definition) is 4. The van der Waals surface area contributed by atoms with Crippen LogP contribution in [0.25, 0.3) is 10.8 Å². The van der Waals surface area contributed by atoms with E-state index in [0.717, 1.165) is 6.07 Å². The Bertz CT molecular complexity index is 652. The highest BCUT2D eigenvalue weighted by molar-refractivity contribution is 6.06. The monoisotopic (exact) mass is 246 g/mol. The summed E-state index contributed by atoms with van der Waals surface area (Å²) in [7, 11) is 1.39. The number of fused-ring (bicyclic) bond motifs is 1. The summed E-state index contributed by atoms with van der Waals surface area (Å²) in [5.41, 5.74) is 5.04. The van der Waals surface area contributed by atoms with Gasteiger partial charge in [-0.3, -0.25) is 14.9 Å². The number of nitro groups is 1. The molecule has 2 rings (SSSR count). The van der Waals surface area contributed by atoms with E-state index in [1.807, 2.05) is 0 Å². The zero-order valence-corrected chi connectivity index (χ0v) is 9.54. The second kappa shape index (κ2) is 4.33. The van der Waals surface area contributed by atoms with E-state index in [0.29, 0.717) is 10.8 Å². The topological polar surface area (TPSA) is 95.5 Å². The smallest absolute Gasteiger partial charge is 0.278 e. The number of hydrogen-bond donors (Lipinski definition) is 1. The molecule has 2 aromatic rings. The molecule has 0 spiro atoms. The van der Waals surface area contributed by atoms with Gasteiger partial charge in [-0.15, -0.1) is 0 Å². The van der Waals surface area contributed by atoms with E-state index in [1.165, 1.54) is 7.11 Å². The van der Waals surface area contributed by atoms with Gasteiger partial charge >= 0.3 is 0 Å². The number of benzene rings is 2. The van der Waals surface area contributed by atoms with Gasteiger partial charge in [-0.1, -0.05) is 18.2 Å². The van der Waals surface area contributed by atoms with Gasteiger partial charge in [0.2, 0.25) is 0 Å². The first-order chi connectivity index (χ1) is 8.56. The SMILES string of the molecule is COc1c(C(N)=O)cc([N+](=O)[O-])c2ccccc12. The average molecular weight is 246 g/mol. The van der Waals surface area contributed by atoms with Gasteiger partial charge in [-0.2, -0.15) is 0 Å². The van der Waals surface area contributed by atoms with E-state index in [9.17, 15) is 14.9 Å². The van der Waals surface area contributed by atoms with E-state index >= 15 is 0 Å². The number of ether oxygens (including phenoxy) is 1. The summed E-state index contributed by atoms with van der Waals surface area (Å²) < 4.78 is 5.13. The van der Waals surface area contributed by atoms with Crippen LogP contribution in [0, 0.1) is 10.1 Å². The Morgan fingerprint density at radius 1 is 1.33 bits per heavy atom. The average Bonchev–Trinajstić information content (AvgIpc) is 2.36. The zero-order chi connectivity index (χ0) is 13.3. The van der Waals surface area contributed by atoms with Crippen molar-refractivity contribution in [3.8, 4) is 5.75 Å². The summed E-state index contributed by atoms with van der Waals surface area (Å²) in [6.07, 6.45) is 0. The van der Waals surface area contributed by atoms with Gasteiger partial charge in [0.05, 0.1) is 23.0 Å². The van der Waals surface area contributed by atoms with Crippen molar-refractivity contribution in [1.29, 1.82) is 0 Å². The highest BCUT2D eigenvalue weighted by atomic mass is 16.6. The van der Waals surface area contributed by atoms with Crippen LogP contribution < -0.4 is 10.5 Å². The van der Waals surface area contributed by atoms with E-state index in [-0.39, 0.29) is 17.0 Å². The van der Waals surface area contributed by atoms with Crippen LogP contribution in [-0.2, 0) is 0 Å². The van der Waals surface area contributed by atoms with Crippen LogP contribution in [0.1, 0.15) is 10.4 Å². The maximum absolute atomic E-state index is 11.3. The molecular weight excluding hydrogens is 236 g/mol. The van der Waals surface area contributed by atoms with Crippen molar-refractivity contribution >= 4 is 22.4 Å². The molecule has 1 amide bonds. The largest absolute Gasteiger partial charge is 0.495 e. The van der Waals surface area contributed by atoms with Gasteiger partial charge in [0.1, 0.15) is 5.75 Å². The minimum atomic E-state index is -0.763. The van der Waals surface area contributed by atoms with Crippen molar-refractivity contribution in [3.63, 3.8) is 0 Å². The Hall–Kier alpha value is -2.63. The molecule has 0 radical (unpaired) electrons. The summed E-state index contributed by atoms with van der Waals surface area (Å²) in [5, 5.41) is 11.9. The van der Waals surface area contributed by atoms with Crippen molar-refractivity contribution < 1.29 is 14.5 Å². The summed E-state index contributed by atoms with van der Waals surface area (Å²) in [4.78, 5) is 21.8. The molecule has 0 aliphatic carbocycles. The zero-order valence-electron chi connectivity index (χ0n) is 9.54. The molecule has 2 aromatic carbocycles. The number of primary amides is 1. The molecule has 18 heavy (non-hydrogen) atoms. The fraction of sp³-hybridized carbons (Fsp3) is 0.0833. The second-order valence-corrected chi connectivity index (χ2v) is 3.64. The Morgan fingerprint density at radius 3 is 2.44 bits per heavy atom. The molecule has 0 fully saturated rings. The number of amides is 1. The lowest BCUT2D eigenvalue weighted by molar-refractivity contribution is -0.383. The predicted octanol–water partition coefficient (Wildman–Crippen LogP) is 1.86. The quantitative estimate of drug-likeness (QED) is 0.660. The molecule has 0 saturated heterocycles. The van der Waals surface area contributed by atoms with Crippen molar-refractivity contribution in [2.75, 3.05) is 7.11 Å². The van der Waals surface area contributed by atoms with Crippen LogP contribution >= 0.6 is 0 Å². The molecule has 0 bridgehead atoms. The standard InChI is InChI=1S/C12H10N2O4/c1-18-11-8-5-3-2-4-7(8)10(14(16)17)6-9(11)12(13)15/h2-6H,1H3,(H2,13,15). The van der Waals surface area contributed by atoms with E-state index < -0.39 is 10.8 Å². The van der Waals surface area contributed by atoms with Crippen LogP contribution in [0.3, 0.4) is 0 Å². The lowest BCUT2D eigenvalue weighted by Gasteiger charge is -2.09. The van der Waals surface area contributed by atoms with E-state index in [4.69, 9.17) is 10.5 Å². The maximum atomic E-state index is 11.3. The van der Waals surface area contributed by atoms with E-state index in [2.05, 4.69) is 0 Å². The third kappa shape index (κ3) is 1.73.